The number of fused-ring (bicyclic) bond motifs is 1. The van der Waals surface area contributed by atoms with Crippen LogP contribution in [0.15, 0.2) is 29.5 Å². The zero-order valence-corrected chi connectivity index (χ0v) is 10.4. The van der Waals surface area contributed by atoms with E-state index < -0.39 is 23.6 Å². The van der Waals surface area contributed by atoms with Gasteiger partial charge in [0.05, 0.1) is 17.1 Å². The molecular formula is C12H10F4N4. The van der Waals surface area contributed by atoms with Crippen molar-refractivity contribution < 1.29 is 17.6 Å². The Balaban J connectivity index is 2.52. The van der Waals surface area contributed by atoms with Crippen LogP contribution in [0.3, 0.4) is 0 Å². The van der Waals surface area contributed by atoms with Crippen molar-refractivity contribution in [1.82, 2.24) is 4.57 Å². The minimum Gasteiger partial charge on any atom is -0.347 e. The number of hydrogen-bond acceptors (Lipinski definition) is 1. The molecule has 0 amide bonds. The first-order valence-electron chi connectivity index (χ1n) is 5.72. The Kier molecular flexibility index (Phi) is 3.59. The number of hydrogen-bond donors (Lipinski definition) is 0. The van der Waals surface area contributed by atoms with E-state index in [1.54, 1.807) is 6.92 Å². The molecule has 106 valence electrons. The highest BCUT2D eigenvalue weighted by Gasteiger charge is 2.32. The summed E-state index contributed by atoms with van der Waals surface area (Å²) in [6.45, 7) is 1.80. The second-order valence-electron chi connectivity index (χ2n) is 4.41. The first-order valence-corrected chi connectivity index (χ1v) is 5.72. The molecule has 0 unspecified atom stereocenters. The second kappa shape index (κ2) is 5.05. The number of benzene rings is 1. The van der Waals surface area contributed by atoms with Gasteiger partial charge in [0.1, 0.15) is 5.82 Å². The molecule has 1 atom stereocenters. The molecule has 20 heavy (non-hydrogen) atoms. The van der Waals surface area contributed by atoms with Gasteiger partial charge in [-0.3, -0.25) is 0 Å². The molecule has 1 heterocycles. The summed E-state index contributed by atoms with van der Waals surface area (Å²) in [7, 11) is 0. The van der Waals surface area contributed by atoms with Gasteiger partial charge < -0.3 is 4.57 Å². The Morgan fingerprint density at radius 3 is 2.70 bits per heavy atom. The van der Waals surface area contributed by atoms with E-state index in [-0.39, 0.29) is 17.4 Å². The fourth-order valence-corrected chi connectivity index (χ4v) is 1.98. The van der Waals surface area contributed by atoms with Crippen LogP contribution in [0.2, 0.25) is 0 Å². The highest BCUT2D eigenvalue weighted by atomic mass is 19.4. The van der Waals surface area contributed by atoms with Gasteiger partial charge in [-0.25, -0.2) is 4.39 Å². The summed E-state index contributed by atoms with van der Waals surface area (Å²) in [6, 6.07) is 2.31. The van der Waals surface area contributed by atoms with Gasteiger partial charge >= 0.3 is 6.18 Å². The van der Waals surface area contributed by atoms with Gasteiger partial charge in [-0.2, -0.15) is 13.2 Å². The van der Waals surface area contributed by atoms with Crippen molar-refractivity contribution >= 4 is 10.9 Å². The largest absolute Gasteiger partial charge is 0.416 e. The number of alkyl halides is 3. The molecule has 0 spiro atoms. The number of rotatable bonds is 3. The van der Waals surface area contributed by atoms with Gasteiger partial charge in [0.2, 0.25) is 0 Å². The van der Waals surface area contributed by atoms with E-state index >= 15 is 0 Å². The molecule has 0 saturated heterocycles. The fraction of sp³-hybridized carbons (Fsp3) is 0.333. The fourth-order valence-electron chi connectivity index (χ4n) is 1.98. The van der Waals surface area contributed by atoms with Gasteiger partial charge in [0, 0.05) is 23.0 Å². The average Bonchev–Trinajstić information content (AvgIpc) is 2.72. The third kappa shape index (κ3) is 2.70. The van der Waals surface area contributed by atoms with Gasteiger partial charge in [-0.05, 0) is 23.7 Å². The lowest BCUT2D eigenvalue weighted by Gasteiger charge is -2.11. The van der Waals surface area contributed by atoms with Crippen molar-refractivity contribution in [3.63, 3.8) is 0 Å². The molecule has 0 aliphatic heterocycles. The molecular weight excluding hydrogens is 276 g/mol. The van der Waals surface area contributed by atoms with E-state index in [1.165, 1.54) is 16.8 Å². The number of aromatic nitrogens is 1. The third-order valence-electron chi connectivity index (χ3n) is 2.88. The summed E-state index contributed by atoms with van der Waals surface area (Å²) in [4.78, 5) is 2.63. The Bertz CT molecular complexity index is 683. The van der Waals surface area contributed by atoms with E-state index in [1.807, 2.05) is 0 Å². The predicted molar refractivity (Wildman–Crippen MR) is 65.5 cm³/mol. The van der Waals surface area contributed by atoms with Crippen LogP contribution >= 0.6 is 0 Å². The van der Waals surface area contributed by atoms with Crippen LogP contribution < -0.4 is 0 Å². The molecule has 2 rings (SSSR count). The van der Waals surface area contributed by atoms with E-state index in [0.717, 1.165) is 6.07 Å². The molecule has 0 fully saturated rings. The molecule has 1 aromatic heterocycles. The van der Waals surface area contributed by atoms with E-state index in [4.69, 9.17) is 5.53 Å². The molecule has 0 saturated carbocycles. The Hall–Kier alpha value is -2.21. The molecule has 8 heteroatoms. The zero-order valence-electron chi connectivity index (χ0n) is 10.4. The van der Waals surface area contributed by atoms with Crippen molar-refractivity contribution in [3.8, 4) is 0 Å². The molecule has 0 aliphatic rings. The van der Waals surface area contributed by atoms with E-state index in [9.17, 15) is 17.6 Å². The van der Waals surface area contributed by atoms with Crippen molar-refractivity contribution in [2.45, 2.75) is 25.7 Å². The van der Waals surface area contributed by atoms with Crippen LogP contribution in [-0.2, 0) is 12.7 Å². The van der Waals surface area contributed by atoms with Gasteiger partial charge in [0.15, 0.2) is 0 Å². The zero-order chi connectivity index (χ0) is 14.9. The number of halogens is 4. The van der Waals surface area contributed by atoms with Gasteiger partial charge in [0.25, 0.3) is 0 Å². The molecule has 4 nitrogen and oxygen atoms in total. The molecule has 0 aliphatic carbocycles. The first kappa shape index (κ1) is 14.2. The second-order valence-corrected chi connectivity index (χ2v) is 4.41. The van der Waals surface area contributed by atoms with Gasteiger partial charge in [-0.15, -0.1) is 0 Å². The highest BCUT2D eigenvalue weighted by molar-refractivity contribution is 5.81. The number of azide groups is 1. The summed E-state index contributed by atoms with van der Waals surface area (Å²) >= 11 is 0. The number of nitrogens with zero attached hydrogens (tertiary/aromatic N) is 4. The Labute approximate surface area is 111 Å². The smallest absolute Gasteiger partial charge is 0.347 e. The Morgan fingerprint density at radius 2 is 2.10 bits per heavy atom. The lowest BCUT2D eigenvalue weighted by molar-refractivity contribution is -0.137. The van der Waals surface area contributed by atoms with E-state index in [2.05, 4.69) is 10.0 Å². The maximum atomic E-state index is 13.7. The molecule has 2 aromatic rings. The summed E-state index contributed by atoms with van der Waals surface area (Å²) in [5.41, 5.74) is 7.39. The van der Waals surface area contributed by atoms with E-state index in [0.29, 0.717) is 6.07 Å². The lowest BCUT2D eigenvalue weighted by Crippen LogP contribution is -2.10. The first-order chi connectivity index (χ1) is 9.32. The SMILES string of the molecule is C[C@@H](Cn1ccc2c(F)cc(C(F)(F)F)cc21)N=[N+]=[N-]. The van der Waals surface area contributed by atoms with Crippen LogP contribution in [0.1, 0.15) is 12.5 Å². The van der Waals surface area contributed by atoms with Crippen LogP contribution in [0.25, 0.3) is 21.3 Å². The minimum absolute atomic E-state index is 0.103. The average molecular weight is 286 g/mol. The van der Waals surface area contributed by atoms with Crippen molar-refractivity contribution in [2.75, 3.05) is 0 Å². The molecule has 0 bridgehead atoms. The highest BCUT2D eigenvalue weighted by Crippen LogP contribution is 2.33. The minimum atomic E-state index is -4.61. The maximum Gasteiger partial charge on any atom is 0.416 e. The summed E-state index contributed by atoms with van der Waals surface area (Å²) in [5, 5.41) is 3.55. The quantitative estimate of drug-likeness (QED) is 0.345. The van der Waals surface area contributed by atoms with Crippen LogP contribution in [0, 0.1) is 5.82 Å². The summed E-state index contributed by atoms with van der Waals surface area (Å²) < 4.78 is 53.1. The van der Waals surface area contributed by atoms with Gasteiger partial charge in [-0.1, -0.05) is 12.0 Å². The van der Waals surface area contributed by atoms with Crippen molar-refractivity contribution in [2.24, 2.45) is 5.11 Å². The van der Waals surface area contributed by atoms with Crippen molar-refractivity contribution in [3.05, 3.63) is 46.2 Å². The van der Waals surface area contributed by atoms with Crippen molar-refractivity contribution in [1.29, 1.82) is 0 Å². The predicted octanol–water partition coefficient (Wildman–Crippen LogP) is 4.50. The summed E-state index contributed by atoms with van der Waals surface area (Å²) in [5.74, 6) is -0.926. The van der Waals surface area contributed by atoms with Crippen LogP contribution in [0.4, 0.5) is 17.6 Å². The maximum absolute atomic E-state index is 13.7. The summed E-state index contributed by atoms with van der Waals surface area (Å²) in [6.07, 6.45) is -3.14. The monoisotopic (exact) mass is 286 g/mol. The lowest BCUT2D eigenvalue weighted by atomic mass is 10.1. The topological polar surface area (TPSA) is 53.7 Å². The Morgan fingerprint density at radius 1 is 1.40 bits per heavy atom. The third-order valence-corrected chi connectivity index (χ3v) is 2.88. The van der Waals surface area contributed by atoms with Crippen LogP contribution in [-0.4, -0.2) is 10.6 Å². The molecule has 0 radical (unpaired) electrons. The van der Waals surface area contributed by atoms with Crippen LogP contribution in [0.5, 0.6) is 0 Å². The molecule has 0 N–H and O–H groups in total. The normalized spacial score (nSPS) is 13.2. The molecule has 1 aromatic carbocycles. The standard InChI is InChI=1S/C12H10F4N4/c1-7(18-19-17)6-20-3-2-9-10(13)4-8(5-11(9)20)12(14,15)16/h2-5,7H,6H2,1H3/t7-/m0/s1.